The van der Waals surface area contributed by atoms with Gasteiger partial charge in [-0.15, -0.1) is 0 Å². The molecular weight excluding hydrogens is 482 g/mol. The molecule has 0 radical (unpaired) electrons. The summed E-state index contributed by atoms with van der Waals surface area (Å²) in [5, 5.41) is 3.00. The van der Waals surface area contributed by atoms with E-state index in [4.69, 9.17) is 0 Å². The molecule has 1 aromatic carbocycles. The smallest absolute Gasteiger partial charge is 0.256 e. The second-order valence-corrected chi connectivity index (χ2v) is 11.8. The molecule has 1 aromatic rings. The summed E-state index contributed by atoms with van der Waals surface area (Å²) in [7, 11) is 2.08. The van der Waals surface area contributed by atoms with E-state index in [9.17, 15) is 9.59 Å². The first-order valence-electron chi connectivity index (χ1n) is 16.5. The summed E-state index contributed by atoms with van der Waals surface area (Å²) < 4.78 is 0. The summed E-state index contributed by atoms with van der Waals surface area (Å²) in [6.45, 7) is 5.53. The number of carbonyl (C=O) groups excluding carboxylic acids is 2. The number of amides is 2. The zero-order valence-corrected chi connectivity index (χ0v) is 25.5. The molecule has 2 rings (SSSR count). The van der Waals surface area contributed by atoms with Crippen molar-refractivity contribution in [1.82, 2.24) is 9.80 Å². The molecule has 0 aromatic heterocycles. The summed E-state index contributed by atoms with van der Waals surface area (Å²) >= 11 is 0. The van der Waals surface area contributed by atoms with Gasteiger partial charge < -0.3 is 15.1 Å². The first-order valence-corrected chi connectivity index (χ1v) is 16.5. The number of nitrogens with zero attached hydrogens (tertiary/aromatic N) is 2. The van der Waals surface area contributed by atoms with E-state index in [1.807, 2.05) is 29.2 Å². The molecule has 0 atom stereocenters. The van der Waals surface area contributed by atoms with Gasteiger partial charge in [-0.1, -0.05) is 135 Å². The van der Waals surface area contributed by atoms with Crippen LogP contribution in [0, 0.1) is 0 Å². The number of anilines is 1. The maximum Gasteiger partial charge on any atom is 0.256 e. The van der Waals surface area contributed by atoms with E-state index in [0.29, 0.717) is 17.7 Å². The third-order valence-electron chi connectivity index (χ3n) is 8.23. The Balaban J connectivity index is 1.42. The van der Waals surface area contributed by atoms with E-state index in [1.165, 1.54) is 109 Å². The summed E-state index contributed by atoms with van der Waals surface area (Å²) in [4.78, 5) is 29.7. The van der Waals surface area contributed by atoms with Gasteiger partial charge in [-0.05, 0) is 25.6 Å². The first kappa shape index (κ1) is 33.3. The molecule has 1 N–H and O–H groups in total. The Morgan fingerprint density at radius 2 is 1.08 bits per heavy atom. The summed E-state index contributed by atoms with van der Waals surface area (Å²) in [6.07, 6.45) is 26.2. The molecule has 222 valence electrons. The van der Waals surface area contributed by atoms with Crippen LogP contribution in [0.2, 0.25) is 0 Å². The highest BCUT2D eigenvalue weighted by Gasteiger charge is 2.22. The number of likely N-dealkylation sites (N-methyl/N-ethyl adjacent to an activating group) is 1. The quantitative estimate of drug-likeness (QED) is 0.149. The Bertz CT molecular complexity index is 773. The highest BCUT2D eigenvalue weighted by atomic mass is 16.2. The van der Waals surface area contributed by atoms with E-state index in [0.717, 1.165) is 39.0 Å². The molecule has 0 bridgehead atoms. The van der Waals surface area contributed by atoms with Crippen LogP contribution < -0.4 is 5.32 Å². The van der Waals surface area contributed by atoms with Gasteiger partial charge in [0, 0.05) is 32.6 Å². The third kappa shape index (κ3) is 15.5. The van der Waals surface area contributed by atoms with Crippen LogP contribution in [0.15, 0.2) is 24.3 Å². The number of nitrogens with one attached hydrogen (secondary N) is 1. The van der Waals surface area contributed by atoms with Crippen molar-refractivity contribution in [3.8, 4) is 0 Å². The maximum atomic E-state index is 13.0. The molecule has 1 heterocycles. The molecule has 0 unspecified atom stereocenters. The monoisotopic (exact) mass is 541 g/mol. The van der Waals surface area contributed by atoms with E-state index >= 15 is 0 Å². The van der Waals surface area contributed by atoms with Crippen LogP contribution in [0.3, 0.4) is 0 Å². The molecule has 0 aliphatic carbocycles. The predicted molar refractivity (Wildman–Crippen MR) is 166 cm³/mol. The van der Waals surface area contributed by atoms with E-state index < -0.39 is 0 Å². The molecule has 5 nitrogen and oxygen atoms in total. The fourth-order valence-electron chi connectivity index (χ4n) is 5.54. The van der Waals surface area contributed by atoms with Crippen molar-refractivity contribution in [2.45, 2.75) is 135 Å². The zero-order valence-electron chi connectivity index (χ0n) is 25.5. The Hall–Kier alpha value is -1.88. The maximum absolute atomic E-state index is 13.0. The Morgan fingerprint density at radius 1 is 0.641 bits per heavy atom. The summed E-state index contributed by atoms with van der Waals surface area (Å²) in [6, 6.07) is 7.43. The highest BCUT2D eigenvalue weighted by molar-refractivity contribution is 6.03. The predicted octanol–water partition coefficient (Wildman–Crippen LogP) is 8.83. The lowest BCUT2D eigenvalue weighted by molar-refractivity contribution is -0.116. The number of hydrogen-bond acceptors (Lipinski definition) is 3. The topological polar surface area (TPSA) is 52.7 Å². The normalized spacial score (nSPS) is 14.1. The number of carbonyl (C=O) groups is 2. The van der Waals surface area contributed by atoms with Crippen LogP contribution in [0.4, 0.5) is 5.69 Å². The lowest BCUT2D eigenvalue weighted by atomic mass is 10.0. The standard InChI is InChI=1S/C34H59N3O2/c1-3-4-5-6-7-8-9-10-11-12-13-14-15-16-17-18-19-20-21-26-33(38)35-32-25-23-22-24-31(32)34(39)37-29-27-36(2)28-30-37/h22-25H,3-21,26-30H2,1-2H3,(H,35,38). The Morgan fingerprint density at radius 3 is 1.56 bits per heavy atom. The van der Waals surface area contributed by atoms with Gasteiger partial charge in [0.2, 0.25) is 5.91 Å². The number of unbranched alkanes of at least 4 members (excludes halogenated alkanes) is 18. The van der Waals surface area contributed by atoms with Gasteiger partial charge in [0.05, 0.1) is 11.3 Å². The van der Waals surface area contributed by atoms with Gasteiger partial charge in [-0.3, -0.25) is 9.59 Å². The molecular formula is C34H59N3O2. The van der Waals surface area contributed by atoms with E-state index in [-0.39, 0.29) is 11.8 Å². The van der Waals surface area contributed by atoms with Gasteiger partial charge in [0.15, 0.2) is 0 Å². The van der Waals surface area contributed by atoms with Crippen molar-refractivity contribution in [2.24, 2.45) is 0 Å². The van der Waals surface area contributed by atoms with Crippen molar-refractivity contribution in [3.05, 3.63) is 29.8 Å². The van der Waals surface area contributed by atoms with Crippen LogP contribution in [0.5, 0.6) is 0 Å². The zero-order chi connectivity index (χ0) is 28.0. The average Bonchev–Trinajstić information content (AvgIpc) is 2.94. The minimum Gasteiger partial charge on any atom is -0.336 e. The van der Waals surface area contributed by atoms with Crippen molar-refractivity contribution >= 4 is 17.5 Å². The second kappa shape index (κ2) is 21.9. The minimum absolute atomic E-state index is 0.0144. The van der Waals surface area contributed by atoms with Crippen LogP contribution in [-0.2, 0) is 4.79 Å². The molecule has 2 amide bonds. The number of benzene rings is 1. The van der Waals surface area contributed by atoms with Gasteiger partial charge in [0.25, 0.3) is 5.91 Å². The van der Waals surface area contributed by atoms with Crippen molar-refractivity contribution in [3.63, 3.8) is 0 Å². The fourth-order valence-corrected chi connectivity index (χ4v) is 5.54. The molecule has 5 heteroatoms. The fraction of sp³-hybridized carbons (Fsp3) is 0.765. The van der Waals surface area contributed by atoms with Gasteiger partial charge in [-0.2, -0.15) is 0 Å². The molecule has 39 heavy (non-hydrogen) atoms. The van der Waals surface area contributed by atoms with Crippen molar-refractivity contribution in [1.29, 1.82) is 0 Å². The third-order valence-corrected chi connectivity index (χ3v) is 8.23. The number of piperazine rings is 1. The highest BCUT2D eigenvalue weighted by Crippen LogP contribution is 2.19. The van der Waals surface area contributed by atoms with Crippen molar-refractivity contribution < 1.29 is 9.59 Å². The first-order chi connectivity index (χ1) is 19.1. The van der Waals surface area contributed by atoms with Crippen LogP contribution >= 0.6 is 0 Å². The average molecular weight is 542 g/mol. The molecule has 1 aliphatic rings. The molecule has 0 saturated carbocycles. The SMILES string of the molecule is CCCCCCCCCCCCCCCCCCCCCC(=O)Nc1ccccc1C(=O)N1CCN(C)CC1. The minimum atomic E-state index is 0.0144. The summed E-state index contributed by atoms with van der Waals surface area (Å²) in [5.41, 5.74) is 1.24. The molecule has 1 aliphatic heterocycles. The Kier molecular flexibility index (Phi) is 18.7. The van der Waals surface area contributed by atoms with E-state index in [2.05, 4.69) is 24.2 Å². The summed E-state index contributed by atoms with van der Waals surface area (Å²) in [5.74, 6) is 0.0306. The largest absolute Gasteiger partial charge is 0.336 e. The van der Waals surface area contributed by atoms with Crippen molar-refractivity contribution in [2.75, 3.05) is 38.5 Å². The van der Waals surface area contributed by atoms with Crippen LogP contribution in [0.25, 0.3) is 0 Å². The van der Waals surface area contributed by atoms with Gasteiger partial charge in [-0.25, -0.2) is 0 Å². The van der Waals surface area contributed by atoms with Crippen LogP contribution in [-0.4, -0.2) is 54.8 Å². The number of rotatable bonds is 22. The lowest BCUT2D eigenvalue weighted by Gasteiger charge is -2.32. The Labute approximate surface area is 240 Å². The van der Waals surface area contributed by atoms with Gasteiger partial charge >= 0.3 is 0 Å². The lowest BCUT2D eigenvalue weighted by Crippen LogP contribution is -2.47. The van der Waals surface area contributed by atoms with Crippen LogP contribution in [0.1, 0.15) is 146 Å². The van der Waals surface area contributed by atoms with Gasteiger partial charge in [0.1, 0.15) is 0 Å². The molecule has 1 saturated heterocycles. The number of para-hydroxylation sites is 1. The molecule has 1 fully saturated rings. The second-order valence-electron chi connectivity index (χ2n) is 11.8. The molecule has 0 spiro atoms. The number of hydrogen-bond donors (Lipinski definition) is 1. The van der Waals surface area contributed by atoms with E-state index in [1.54, 1.807) is 0 Å².